The molecular formula is C14H11FN4O2S. The molecule has 0 bridgehead atoms. The van der Waals surface area contributed by atoms with Gasteiger partial charge in [-0.25, -0.2) is 13.9 Å². The Labute approximate surface area is 129 Å². The van der Waals surface area contributed by atoms with Crippen LogP contribution in [0.1, 0.15) is 10.4 Å². The molecule has 0 saturated carbocycles. The molecule has 0 aliphatic rings. The first-order valence-electron chi connectivity index (χ1n) is 6.34. The van der Waals surface area contributed by atoms with Gasteiger partial charge in [-0.3, -0.25) is 4.79 Å². The number of carbonyl (C=O) groups excluding carboxylic acids is 1. The average Bonchev–Trinajstić information content (AvgIpc) is 2.95. The molecule has 0 spiro atoms. The van der Waals surface area contributed by atoms with Crippen LogP contribution < -0.4 is 4.74 Å². The molecule has 0 N–H and O–H groups in total. The van der Waals surface area contributed by atoms with Crippen LogP contribution in [0.3, 0.4) is 0 Å². The zero-order chi connectivity index (χ0) is 15.5. The quantitative estimate of drug-likeness (QED) is 0.531. The molecule has 0 atom stereocenters. The van der Waals surface area contributed by atoms with Gasteiger partial charge < -0.3 is 4.74 Å². The molecule has 2 aromatic heterocycles. The highest BCUT2D eigenvalue weighted by molar-refractivity contribution is 7.99. The molecule has 0 aliphatic heterocycles. The molecule has 112 valence electrons. The Balaban J connectivity index is 1.76. The average molecular weight is 318 g/mol. The van der Waals surface area contributed by atoms with Crippen molar-refractivity contribution in [1.29, 1.82) is 0 Å². The number of fused-ring (bicyclic) bond motifs is 1. The minimum absolute atomic E-state index is 0.0801. The number of nitrogens with zero attached hydrogens (tertiary/aromatic N) is 4. The lowest BCUT2D eigenvalue weighted by atomic mass is 10.1. The number of Topliss-reactive ketones (excluding diaryl/α,β-unsaturated/α-hetero) is 1. The number of carbonyl (C=O) groups is 1. The lowest BCUT2D eigenvalue weighted by Crippen LogP contribution is -2.06. The first kappa shape index (κ1) is 14.5. The van der Waals surface area contributed by atoms with Crippen molar-refractivity contribution >= 4 is 23.3 Å². The standard InChI is InChI=1S/C14H11FN4O2S/c1-21-12-4-3-9(15)7-10(12)11(20)8-22-14-17-13-16-5-2-6-19(13)18-14/h2-7H,8H2,1H3. The largest absolute Gasteiger partial charge is 0.496 e. The molecule has 0 fully saturated rings. The van der Waals surface area contributed by atoms with Crippen LogP contribution in [-0.4, -0.2) is 38.2 Å². The Hall–Kier alpha value is -2.48. The fraction of sp³-hybridized carbons (Fsp3) is 0.143. The molecule has 1 aromatic carbocycles. The van der Waals surface area contributed by atoms with E-state index in [9.17, 15) is 9.18 Å². The van der Waals surface area contributed by atoms with E-state index in [-0.39, 0.29) is 17.1 Å². The smallest absolute Gasteiger partial charge is 0.253 e. The minimum atomic E-state index is -0.482. The van der Waals surface area contributed by atoms with Gasteiger partial charge in [0.25, 0.3) is 5.78 Å². The van der Waals surface area contributed by atoms with Crippen LogP contribution in [0.4, 0.5) is 4.39 Å². The Morgan fingerprint density at radius 1 is 1.45 bits per heavy atom. The minimum Gasteiger partial charge on any atom is -0.496 e. The van der Waals surface area contributed by atoms with Crippen molar-refractivity contribution in [2.75, 3.05) is 12.9 Å². The van der Waals surface area contributed by atoms with Crippen LogP contribution in [-0.2, 0) is 0 Å². The number of hydrogen-bond donors (Lipinski definition) is 0. The number of ketones is 1. The van der Waals surface area contributed by atoms with E-state index in [0.29, 0.717) is 16.7 Å². The van der Waals surface area contributed by atoms with Crippen molar-refractivity contribution in [3.63, 3.8) is 0 Å². The Morgan fingerprint density at radius 3 is 3.09 bits per heavy atom. The highest BCUT2D eigenvalue weighted by Gasteiger charge is 2.15. The SMILES string of the molecule is COc1ccc(F)cc1C(=O)CSc1nc2ncccn2n1. The molecule has 6 nitrogen and oxygen atoms in total. The number of benzene rings is 1. The second-order valence-corrected chi connectivity index (χ2v) is 5.26. The van der Waals surface area contributed by atoms with E-state index in [4.69, 9.17) is 4.74 Å². The van der Waals surface area contributed by atoms with Crippen LogP contribution in [0, 0.1) is 5.82 Å². The Kier molecular flexibility index (Phi) is 4.01. The summed E-state index contributed by atoms with van der Waals surface area (Å²) in [6, 6.07) is 5.58. The first-order valence-corrected chi connectivity index (χ1v) is 7.33. The predicted molar refractivity (Wildman–Crippen MR) is 78.8 cm³/mol. The molecule has 3 rings (SSSR count). The highest BCUT2D eigenvalue weighted by Crippen LogP contribution is 2.23. The maximum absolute atomic E-state index is 13.3. The Morgan fingerprint density at radius 2 is 2.32 bits per heavy atom. The monoisotopic (exact) mass is 318 g/mol. The zero-order valence-corrected chi connectivity index (χ0v) is 12.4. The number of thioether (sulfide) groups is 1. The van der Waals surface area contributed by atoms with Crippen molar-refractivity contribution in [2.45, 2.75) is 5.16 Å². The van der Waals surface area contributed by atoms with E-state index >= 15 is 0 Å². The molecule has 0 aliphatic carbocycles. The van der Waals surface area contributed by atoms with E-state index in [2.05, 4.69) is 15.1 Å². The van der Waals surface area contributed by atoms with E-state index in [1.54, 1.807) is 18.5 Å². The number of aromatic nitrogens is 4. The topological polar surface area (TPSA) is 69.4 Å². The summed E-state index contributed by atoms with van der Waals surface area (Å²) in [5, 5.41) is 4.62. The lowest BCUT2D eigenvalue weighted by molar-refractivity contribution is 0.101. The zero-order valence-electron chi connectivity index (χ0n) is 11.6. The molecule has 8 heteroatoms. The van der Waals surface area contributed by atoms with Crippen molar-refractivity contribution in [2.24, 2.45) is 0 Å². The van der Waals surface area contributed by atoms with Gasteiger partial charge in [-0.2, -0.15) is 4.98 Å². The Bertz CT molecular complexity index is 804. The van der Waals surface area contributed by atoms with E-state index in [1.165, 1.54) is 29.8 Å². The summed E-state index contributed by atoms with van der Waals surface area (Å²) in [6.07, 6.45) is 3.33. The molecule has 0 amide bonds. The molecule has 0 unspecified atom stereocenters. The summed E-state index contributed by atoms with van der Waals surface area (Å²) in [6.45, 7) is 0. The summed E-state index contributed by atoms with van der Waals surface area (Å²) in [5.74, 6) is 0.145. The van der Waals surface area contributed by atoms with Gasteiger partial charge in [0.15, 0.2) is 5.78 Å². The van der Waals surface area contributed by atoms with Gasteiger partial charge in [-0.1, -0.05) is 11.8 Å². The number of hydrogen-bond acceptors (Lipinski definition) is 6. The summed E-state index contributed by atoms with van der Waals surface area (Å²) >= 11 is 1.16. The van der Waals surface area contributed by atoms with Crippen LogP contribution >= 0.6 is 11.8 Å². The molecular weight excluding hydrogens is 307 g/mol. The fourth-order valence-electron chi connectivity index (χ4n) is 1.88. The number of rotatable bonds is 5. The second-order valence-electron chi connectivity index (χ2n) is 4.32. The van der Waals surface area contributed by atoms with Crippen molar-refractivity contribution in [3.05, 3.63) is 48.0 Å². The lowest BCUT2D eigenvalue weighted by Gasteiger charge is -2.06. The summed E-state index contributed by atoms with van der Waals surface area (Å²) in [5.41, 5.74) is 0.205. The second kappa shape index (κ2) is 6.10. The first-order chi connectivity index (χ1) is 10.7. The van der Waals surface area contributed by atoms with E-state index in [0.717, 1.165) is 11.8 Å². The van der Waals surface area contributed by atoms with Crippen molar-refractivity contribution < 1.29 is 13.9 Å². The van der Waals surface area contributed by atoms with Crippen LogP contribution in [0.2, 0.25) is 0 Å². The molecule has 3 aromatic rings. The number of methoxy groups -OCH3 is 1. The predicted octanol–water partition coefficient (Wildman–Crippen LogP) is 2.25. The maximum atomic E-state index is 13.3. The van der Waals surface area contributed by atoms with Gasteiger partial charge in [0.1, 0.15) is 11.6 Å². The van der Waals surface area contributed by atoms with Gasteiger partial charge in [0.2, 0.25) is 5.16 Å². The van der Waals surface area contributed by atoms with Crippen LogP contribution in [0.15, 0.2) is 41.8 Å². The third-order valence-electron chi connectivity index (χ3n) is 2.89. The third-order valence-corrected chi connectivity index (χ3v) is 3.73. The van der Waals surface area contributed by atoms with E-state index in [1.807, 2.05) is 0 Å². The number of halogens is 1. The maximum Gasteiger partial charge on any atom is 0.253 e. The number of ether oxygens (including phenoxy) is 1. The molecule has 0 saturated heterocycles. The van der Waals surface area contributed by atoms with Gasteiger partial charge >= 0.3 is 0 Å². The van der Waals surface area contributed by atoms with Crippen LogP contribution in [0.25, 0.3) is 5.78 Å². The highest BCUT2D eigenvalue weighted by atomic mass is 32.2. The molecule has 2 heterocycles. The van der Waals surface area contributed by atoms with Crippen molar-refractivity contribution in [1.82, 2.24) is 19.6 Å². The fourth-order valence-corrected chi connectivity index (χ4v) is 2.59. The normalized spacial score (nSPS) is 10.8. The van der Waals surface area contributed by atoms with E-state index < -0.39 is 5.82 Å². The van der Waals surface area contributed by atoms with Gasteiger partial charge in [-0.05, 0) is 24.3 Å². The third kappa shape index (κ3) is 2.91. The van der Waals surface area contributed by atoms with Gasteiger partial charge in [0.05, 0.1) is 18.4 Å². The summed E-state index contributed by atoms with van der Waals surface area (Å²) in [7, 11) is 1.44. The van der Waals surface area contributed by atoms with Crippen LogP contribution in [0.5, 0.6) is 5.75 Å². The van der Waals surface area contributed by atoms with Gasteiger partial charge in [-0.15, -0.1) is 5.10 Å². The molecule has 22 heavy (non-hydrogen) atoms. The van der Waals surface area contributed by atoms with Crippen molar-refractivity contribution in [3.8, 4) is 5.75 Å². The summed E-state index contributed by atoms with van der Waals surface area (Å²) in [4.78, 5) is 20.5. The van der Waals surface area contributed by atoms with Gasteiger partial charge in [0, 0.05) is 12.4 Å². The molecule has 0 radical (unpaired) electrons. The summed E-state index contributed by atoms with van der Waals surface area (Å²) < 4.78 is 19.9.